The van der Waals surface area contributed by atoms with Crippen LogP contribution < -0.4 is 14.8 Å². The molecule has 0 unspecified atom stereocenters. The Balaban J connectivity index is 1.66. The molecule has 0 amide bonds. The molecule has 0 spiro atoms. The Morgan fingerprint density at radius 1 is 0.842 bits per heavy atom. The van der Waals surface area contributed by atoms with Crippen molar-refractivity contribution >= 4 is 17.1 Å². The summed E-state index contributed by atoms with van der Waals surface area (Å²) in [5, 5.41) is 12.2. The van der Waals surface area contributed by atoms with E-state index in [0.29, 0.717) is 23.6 Å². The van der Waals surface area contributed by atoms with E-state index in [4.69, 9.17) is 19.6 Å². The zero-order valence-electron chi connectivity index (χ0n) is 21.6. The number of ketones is 1. The Hall–Kier alpha value is -4.62. The number of rotatable bonds is 9. The minimum Gasteiger partial charge on any atom is -0.497 e. The minimum absolute atomic E-state index is 0.0268. The number of anilines is 1. The van der Waals surface area contributed by atoms with Crippen molar-refractivity contribution in [3.63, 3.8) is 0 Å². The summed E-state index contributed by atoms with van der Waals surface area (Å²) in [6, 6.07) is 23.5. The lowest BCUT2D eigenvalue weighted by Gasteiger charge is -2.12. The maximum atomic E-state index is 11.9. The fourth-order valence-corrected chi connectivity index (χ4v) is 4.43. The van der Waals surface area contributed by atoms with E-state index in [-0.39, 0.29) is 12.4 Å². The highest BCUT2D eigenvalue weighted by Gasteiger charge is 2.15. The summed E-state index contributed by atoms with van der Waals surface area (Å²) in [4.78, 5) is 16.8. The van der Waals surface area contributed by atoms with Crippen LogP contribution >= 0.6 is 0 Å². The number of pyridine rings is 1. The smallest absolute Gasteiger partial charge is 0.159 e. The van der Waals surface area contributed by atoms with Gasteiger partial charge in [0.15, 0.2) is 5.78 Å². The van der Waals surface area contributed by atoms with E-state index >= 15 is 0 Å². The van der Waals surface area contributed by atoms with E-state index in [2.05, 4.69) is 11.4 Å². The molecule has 2 aromatic heterocycles. The minimum atomic E-state index is 0.0268. The van der Waals surface area contributed by atoms with Gasteiger partial charge in [0.25, 0.3) is 0 Å². The molecular weight excluding hydrogens is 478 g/mol. The van der Waals surface area contributed by atoms with Gasteiger partial charge < -0.3 is 24.3 Å². The number of aromatic nitrogens is 2. The average Bonchev–Trinajstić information content (AvgIpc) is 3.40. The number of nitrogens with zero attached hydrogens (tertiary/aromatic N) is 2. The molecule has 5 rings (SSSR count). The van der Waals surface area contributed by atoms with Gasteiger partial charge in [-0.3, -0.25) is 4.79 Å². The molecule has 0 saturated carbocycles. The van der Waals surface area contributed by atoms with Crippen LogP contribution in [-0.2, 0) is 0 Å². The van der Waals surface area contributed by atoms with Crippen LogP contribution in [0.15, 0.2) is 85.2 Å². The third kappa shape index (κ3) is 5.10. The maximum Gasteiger partial charge on any atom is 0.159 e. The third-order valence-corrected chi connectivity index (χ3v) is 6.46. The van der Waals surface area contributed by atoms with E-state index < -0.39 is 0 Å². The summed E-state index contributed by atoms with van der Waals surface area (Å²) >= 11 is 0. The maximum absolute atomic E-state index is 11.9. The van der Waals surface area contributed by atoms with Gasteiger partial charge in [-0.15, -0.1) is 0 Å². The molecule has 0 aliphatic rings. The Kier molecular flexibility index (Phi) is 7.11. The molecule has 2 N–H and O–H groups in total. The van der Waals surface area contributed by atoms with Crippen LogP contribution in [0.2, 0.25) is 0 Å². The highest BCUT2D eigenvalue weighted by Crippen LogP contribution is 2.35. The van der Waals surface area contributed by atoms with Crippen LogP contribution in [0.4, 0.5) is 5.69 Å². The quantitative estimate of drug-likeness (QED) is 0.240. The second-order valence-corrected chi connectivity index (χ2v) is 8.96. The summed E-state index contributed by atoms with van der Waals surface area (Å²) in [6.07, 6.45) is 4.06. The molecule has 0 saturated heterocycles. The Morgan fingerprint density at radius 3 is 2.11 bits per heavy atom. The molecule has 0 aliphatic carbocycles. The Morgan fingerprint density at radius 2 is 1.50 bits per heavy atom. The molecule has 2 heterocycles. The first kappa shape index (κ1) is 25.0. The number of fused-ring (bicyclic) bond motifs is 1. The fourth-order valence-electron chi connectivity index (χ4n) is 4.43. The second-order valence-electron chi connectivity index (χ2n) is 8.96. The van der Waals surface area contributed by atoms with Crippen molar-refractivity contribution in [2.24, 2.45) is 0 Å². The van der Waals surface area contributed by atoms with E-state index in [0.717, 1.165) is 44.8 Å². The molecular formula is C31H29N3O4. The molecule has 7 heteroatoms. The van der Waals surface area contributed by atoms with Gasteiger partial charge in [0, 0.05) is 47.4 Å². The molecule has 0 atom stereocenters. The number of imidazole rings is 1. The van der Waals surface area contributed by atoms with Crippen LogP contribution in [0, 0.1) is 0 Å². The van der Waals surface area contributed by atoms with Gasteiger partial charge in [-0.05, 0) is 53.9 Å². The van der Waals surface area contributed by atoms with Crippen molar-refractivity contribution < 1.29 is 19.4 Å². The highest BCUT2D eigenvalue weighted by atomic mass is 16.5. The van der Waals surface area contributed by atoms with Crippen LogP contribution in [0.5, 0.6) is 11.5 Å². The van der Waals surface area contributed by atoms with Crippen molar-refractivity contribution in [1.82, 2.24) is 9.38 Å². The van der Waals surface area contributed by atoms with E-state index in [1.165, 1.54) is 0 Å². The van der Waals surface area contributed by atoms with E-state index in [1.54, 1.807) is 21.1 Å². The van der Waals surface area contributed by atoms with Crippen LogP contribution in [0.25, 0.3) is 39.2 Å². The monoisotopic (exact) mass is 507 g/mol. The molecule has 5 aromatic rings. The molecule has 192 valence electrons. The number of aliphatic hydroxyl groups excluding tert-OH is 1. The number of aliphatic hydroxyl groups is 1. The van der Waals surface area contributed by atoms with Crippen LogP contribution in [-0.4, -0.2) is 47.6 Å². The van der Waals surface area contributed by atoms with Crippen molar-refractivity contribution in [2.45, 2.75) is 6.92 Å². The zero-order valence-corrected chi connectivity index (χ0v) is 21.6. The number of Topliss-reactive ketones (excluding diaryl/α,β-unsaturated/α-hetero) is 1. The van der Waals surface area contributed by atoms with Gasteiger partial charge >= 0.3 is 0 Å². The number of benzene rings is 3. The lowest BCUT2D eigenvalue weighted by molar-refractivity contribution is 0.101. The van der Waals surface area contributed by atoms with E-state index in [1.807, 2.05) is 83.5 Å². The number of methoxy groups -OCH3 is 2. The summed E-state index contributed by atoms with van der Waals surface area (Å²) in [7, 11) is 3.27. The number of nitrogens with one attached hydrogen (secondary N) is 1. The van der Waals surface area contributed by atoms with Crippen molar-refractivity contribution in [3.05, 3.63) is 90.8 Å². The summed E-state index contributed by atoms with van der Waals surface area (Å²) in [5.41, 5.74) is 8.02. The molecule has 3 aromatic carbocycles. The van der Waals surface area contributed by atoms with Gasteiger partial charge in [0.1, 0.15) is 17.1 Å². The number of hydrogen-bond donors (Lipinski definition) is 2. The summed E-state index contributed by atoms with van der Waals surface area (Å²) < 4.78 is 13.0. The molecule has 7 nitrogen and oxygen atoms in total. The van der Waals surface area contributed by atoms with E-state index in [9.17, 15) is 4.79 Å². The number of ether oxygens (including phenoxy) is 2. The predicted molar refractivity (Wildman–Crippen MR) is 150 cm³/mol. The Bertz CT molecular complexity index is 1570. The summed E-state index contributed by atoms with van der Waals surface area (Å²) in [5.74, 6) is 1.43. The first-order valence-corrected chi connectivity index (χ1v) is 12.3. The van der Waals surface area contributed by atoms with Gasteiger partial charge in [0.2, 0.25) is 0 Å². The second kappa shape index (κ2) is 10.8. The predicted octanol–water partition coefficient (Wildman–Crippen LogP) is 5.96. The number of carbonyl (C=O) groups is 1. The topological polar surface area (TPSA) is 85.1 Å². The zero-order chi connectivity index (χ0) is 26.6. The number of carbonyl (C=O) groups excluding carboxylic acids is 1. The number of hydrogen-bond acceptors (Lipinski definition) is 6. The van der Waals surface area contributed by atoms with Crippen molar-refractivity contribution in [2.75, 3.05) is 32.7 Å². The third-order valence-electron chi connectivity index (χ3n) is 6.46. The Labute approximate surface area is 221 Å². The largest absolute Gasteiger partial charge is 0.497 e. The molecule has 0 fully saturated rings. The molecule has 0 radical (unpaired) electrons. The first-order chi connectivity index (χ1) is 18.5. The van der Waals surface area contributed by atoms with Gasteiger partial charge in [-0.1, -0.05) is 36.4 Å². The van der Waals surface area contributed by atoms with Gasteiger partial charge in [-0.2, -0.15) is 0 Å². The molecule has 0 aliphatic heterocycles. The highest BCUT2D eigenvalue weighted by molar-refractivity contribution is 5.95. The first-order valence-electron chi connectivity index (χ1n) is 12.3. The standard InChI is InChI=1S/C31H29N3O4/c1-20(36)21-4-6-22(7-5-21)29-16-25(24-14-27(37-2)17-28(15-24)38-3)18-34-19-30(33-31(29)34)23-8-10-26(11-9-23)32-12-13-35/h4-11,14-19,32,35H,12-13H2,1-3H3. The van der Waals surface area contributed by atoms with Gasteiger partial charge in [0.05, 0.1) is 26.5 Å². The van der Waals surface area contributed by atoms with Crippen LogP contribution in [0.3, 0.4) is 0 Å². The fraction of sp³-hybridized carbons (Fsp3) is 0.161. The van der Waals surface area contributed by atoms with Gasteiger partial charge in [-0.25, -0.2) is 4.98 Å². The SMILES string of the molecule is COc1cc(OC)cc(-c2cc(-c3ccc(C(C)=O)cc3)c3nc(-c4ccc(NCCO)cc4)cn3c2)c1. The average molecular weight is 508 g/mol. The van der Waals surface area contributed by atoms with Crippen LogP contribution in [0.1, 0.15) is 17.3 Å². The summed E-state index contributed by atoms with van der Waals surface area (Å²) in [6.45, 7) is 2.14. The normalized spacial score (nSPS) is 10.9. The lowest BCUT2D eigenvalue weighted by atomic mass is 9.99. The lowest BCUT2D eigenvalue weighted by Crippen LogP contribution is -2.04. The van der Waals surface area contributed by atoms with Crippen molar-refractivity contribution in [3.8, 4) is 45.0 Å². The molecule has 0 bridgehead atoms. The van der Waals surface area contributed by atoms with Crippen molar-refractivity contribution in [1.29, 1.82) is 0 Å². The molecule has 38 heavy (non-hydrogen) atoms.